The van der Waals surface area contributed by atoms with Crippen LogP contribution in [0.15, 0.2) is 30.9 Å². The molecule has 0 spiro atoms. The van der Waals surface area contributed by atoms with E-state index in [1.165, 1.54) is 6.20 Å². The van der Waals surface area contributed by atoms with Gasteiger partial charge in [0.05, 0.1) is 18.0 Å². The van der Waals surface area contributed by atoms with E-state index >= 15 is 0 Å². The molecule has 0 unspecified atom stereocenters. The fourth-order valence-electron chi connectivity index (χ4n) is 2.94. The number of nitrogens with zero attached hydrogens (tertiary/aromatic N) is 6. The molecule has 0 aliphatic carbocycles. The van der Waals surface area contributed by atoms with Gasteiger partial charge in [-0.15, -0.1) is 0 Å². The third kappa shape index (κ3) is 4.27. The summed E-state index contributed by atoms with van der Waals surface area (Å²) in [5.41, 5.74) is 1.51. The maximum Gasteiger partial charge on any atom is 0.225 e. The number of hydrogen-bond donors (Lipinski definition) is 0. The first-order valence-corrected chi connectivity index (χ1v) is 8.75. The summed E-state index contributed by atoms with van der Waals surface area (Å²) in [7, 11) is 0. The lowest BCUT2D eigenvalue weighted by molar-refractivity contribution is 0.128. The van der Waals surface area contributed by atoms with Crippen LogP contribution in [0.2, 0.25) is 0 Å². The zero-order valence-corrected chi connectivity index (χ0v) is 15.5. The van der Waals surface area contributed by atoms with Crippen LogP contribution in [0.5, 0.6) is 5.75 Å². The summed E-state index contributed by atoms with van der Waals surface area (Å²) in [6, 6.07) is 3.89. The van der Waals surface area contributed by atoms with Crippen molar-refractivity contribution in [1.82, 2.24) is 19.9 Å². The van der Waals surface area contributed by atoms with Gasteiger partial charge in [-0.25, -0.2) is 9.97 Å². The highest BCUT2D eigenvalue weighted by Crippen LogP contribution is 2.19. The molecule has 2 aromatic rings. The quantitative estimate of drug-likeness (QED) is 0.835. The minimum absolute atomic E-state index is 0.194. The Kier molecular flexibility index (Phi) is 5.33. The standard InChI is InChI=1S/C19H24N6O/c1-19(2,3)25-8-6-24(7-9-25)18-22-12-17(13-23-18)26-14-15-4-5-21-11-16(15)10-20/h4-5,11-13H,6-9,14H2,1-3H3. The van der Waals surface area contributed by atoms with E-state index in [4.69, 9.17) is 10.00 Å². The van der Waals surface area contributed by atoms with Gasteiger partial charge in [-0.1, -0.05) is 0 Å². The molecule has 0 radical (unpaired) electrons. The molecule has 7 heteroatoms. The first-order chi connectivity index (χ1) is 12.5. The molecule has 0 bridgehead atoms. The van der Waals surface area contributed by atoms with Gasteiger partial charge in [0.15, 0.2) is 5.75 Å². The van der Waals surface area contributed by atoms with Crippen LogP contribution >= 0.6 is 0 Å². The minimum Gasteiger partial charge on any atom is -0.486 e. The molecule has 1 fully saturated rings. The topological polar surface area (TPSA) is 78.2 Å². The number of rotatable bonds is 4. The molecule has 0 aromatic carbocycles. The number of hydrogen-bond acceptors (Lipinski definition) is 7. The van der Waals surface area contributed by atoms with E-state index in [1.54, 1.807) is 24.7 Å². The molecule has 2 aromatic heterocycles. The molecule has 3 heterocycles. The second kappa shape index (κ2) is 7.67. The first kappa shape index (κ1) is 18.1. The molecule has 3 rings (SSSR count). The van der Waals surface area contributed by atoms with Crippen molar-refractivity contribution in [2.75, 3.05) is 31.1 Å². The Balaban J connectivity index is 1.57. The van der Waals surface area contributed by atoms with Crippen LogP contribution in [0.3, 0.4) is 0 Å². The largest absolute Gasteiger partial charge is 0.486 e. The first-order valence-electron chi connectivity index (χ1n) is 8.75. The smallest absolute Gasteiger partial charge is 0.225 e. The van der Waals surface area contributed by atoms with Crippen molar-refractivity contribution in [1.29, 1.82) is 5.26 Å². The third-order valence-electron chi connectivity index (χ3n) is 4.55. The molecular weight excluding hydrogens is 328 g/mol. The Morgan fingerprint density at radius 1 is 1.12 bits per heavy atom. The van der Waals surface area contributed by atoms with Crippen LogP contribution in [0, 0.1) is 11.3 Å². The number of anilines is 1. The van der Waals surface area contributed by atoms with E-state index in [0.29, 0.717) is 17.9 Å². The number of piperazine rings is 1. The molecule has 7 nitrogen and oxygen atoms in total. The number of ether oxygens (including phenoxy) is 1. The Morgan fingerprint density at radius 3 is 2.42 bits per heavy atom. The maximum absolute atomic E-state index is 9.09. The number of pyridine rings is 1. The average molecular weight is 352 g/mol. The molecule has 1 saturated heterocycles. The fourth-order valence-corrected chi connectivity index (χ4v) is 2.94. The maximum atomic E-state index is 9.09. The monoisotopic (exact) mass is 352 g/mol. The predicted octanol–water partition coefficient (Wildman–Crippen LogP) is 2.24. The molecule has 26 heavy (non-hydrogen) atoms. The summed E-state index contributed by atoms with van der Waals surface area (Å²) in [6.07, 6.45) is 6.56. The van der Waals surface area contributed by atoms with Gasteiger partial charge in [0.25, 0.3) is 0 Å². The van der Waals surface area contributed by atoms with E-state index in [2.05, 4.69) is 51.6 Å². The van der Waals surface area contributed by atoms with Gasteiger partial charge in [0.2, 0.25) is 5.95 Å². The van der Waals surface area contributed by atoms with E-state index in [-0.39, 0.29) is 5.54 Å². The lowest BCUT2D eigenvalue weighted by atomic mass is 10.1. The van der Waals surface area contributed by atoms with Gasteiger partial charge in [0.1, 0.15) is 12.7 Å². The lowest BCUT2D eigenvalue weighted by Gasteiger charge is -2.42. The van der Waals surface area contributed by atoms with Gasteiger partial charge in [-0.2, -0.15) is 5.26 Å². The van der Waals surface area contributed by atoms with E-state index in [0.717, 1.165) is 37.7 Å². The summed E-state index contributed by atoms with van der Waals surface area (Å²) in [4.78, 5) is 17.5. The molecule has 1 aliphatic rings. The van der Waals surface area contributed by atoms with Crippen LogP contribution in [0.4, 0.5) is 5.95 Å². The van der Waals surface area contributed by atoms with Gasteiger partial charge >= 0.3 is 0 Å². The zero-order chi connectivity index (χ0) is 18.6. The summed E-state index contributed by atoms with van der Waals surface area (Å²) in [5.74, 6) is 1.32. The molecule has 0 saturated carbocycles. The van der Waals surface area contributed by atoms with Crippen LogP contribution < -0.4 is 9.64 Å². The minimum atomic E-state index is 0.194. The molecule has 0 atom stereocenters. The van der Waals surface area contributed by atoms with Crippen LogP contribution in [-0.4, -0.2) is 51.6 Å². The number of aromatic nitrogens is 3. The molecule has 1 aliphatic heterocycles. The Hall–Kier alpha value is -2.72. The predicted molar refractivity (Wildman–Crippen MR) is 98.9 cm³/mol. The van der Waals surface area contributed by atoms with Crippen LogP contribution in [0.1, 0.15) is 31.9 Å². The molecule has 0 N–H and O–H groups in total. The summed E-state index contributed by atoms with van der Waals surface area (Å²) < 4.78 is 5.71. The highest BCUT2D eigenvalue weighted by atomic mass is 16.5. The van der Waals surface area contributed by atoms with Crippen molar-refractivity contribution >= 4 is 5.95 Å². The summed E-state index contributed by atoms with van der Waals surface area (Å²) >= 11 is 0. The molecule has 136 valence electrons. The number of nitriles is 1. The van der Waals surface area contributed by atoms with Crippen molar-refractivity contribution in [2.24, 2.45) is 0 Å². The molecule has 0 amide bonds. The summed E-state index contributed by atoms with van der Waals surface area (Å²) in [5, 5.41) is 9.09. The SMILES string of the molecule is CC(C)(C)N1CCN(c2ncc(OCc3ccncc3C#N)cn2)CC1. The van der Waals surface area contributed by atoms with Crippen molar-refractivity contribution in [2.45, 2.75) is 32.9 Å². The van der Waals surface area contributed by atoms with Gasteiger partial charge in [-0.3, -0.25) is 9.88 Å². The second-order valence-electron chi connectivity index (χ2n) is 7.30. The Labute approximate surface area is 154 Å². The fraction of sp³-hybridized carbons (Fsp3) is 0.474. The van der Waals surface area contributed by atoms with E-state index in [9.17, 15) is 0 Å². The van der Waals surface area contributed by atoms with Gasteiger partial charge in [-0.05, 0) is 26.8 Å². The van der Waals surface area contributed by atoms with Crippen LogP contribution in [0.25, 0.3) is 0 Å². The van der Waals surface area contributed by atoms with Crippen molar-refractivity contribution in [3.05, 3.63) is 42.0 Å². The zero-order valence-electron chi connectivity index (χ0n) is 15.5. The highest BCUT2D eigenvalue weighted by molar-refractivity contribution is 5.35. The normalized spacial score (nSPS) is 15.5. The Morgan fingerprint density at radius 2 is 1.81 bits per heavy atom. The van der Waals surface area contributed by atoms with Crippen LogP contribution in [-0.2, 0) is 6.61 Å². The second-order valence-corrected chi connectivity index (χ2v) is 7.30. The van der Waals surface area contributed by atoms with Gasteiger partial charge < -0.3 is 9.64 Å². The lowest BCUT2D eigenvalue weighted by Crippen LogP contribution is -2.53. The Bertz CT molecular complexity index is 770. The third-order valence-corrected chi connectivity index (χ3v) is 4.55. The summed E-state index contributed by atoms with van der Waals surface area (Å²) in [6.45, 7) is 10.9. The van der Waals surface area contributed by atoms with E-state index < -0.39 is 0 Å². The van der Waals surface area contributed by atoms with E-state index in [1.807, 2.05) is 0 Å². The van der Waals surface area contributed by atoms with Crippen molar-refractivity contribution < 1.29 is 4.74 Å². The highest BCUT2D eigenvalue weighted by Gasteiger charge is 2.26. The van der Waals surface area contributed by atoms with Crippen molar-refractivity contribution in [3.63, 3.8) is 0 Å². The average Bonchev–Trinajstić information content (AvgIpc) is 2.66. The van der Waals surface area contributed by atoms with Crippen molar-refractivity contribution in [3.8, 4) is 11.8 Å². The molecular formula is C19H24N6O. The van der Waals surface area contributed by atoms with Gasteiger partial charge in [0, 0.05) is 49.7 Å².